The second-order valence-electron chi connectivity index (χ2n) is 7.20. The molecule has 1 aliphatic rings. The van der Waals surface area contributed by atoms with Crippen LogP contribution in [0.4, 0.5) is 0 Å². The molecule has 1 aliphatic carbocycles. The van der Waals surface area contributed by atoms with Crippen LogP contribution in [0.5, 0.6) is 0 Å². The summed E-state index contributed by atoms with van der Waals surface area (Å²) in [4.78, 5) is 0. The molecule has 2 aromatic carbocycles. The van der Waals surface area contributed by atoms with Gasteiger partial charge in [0.25, 0.3) is 0 Å². The third-order valence-electron chi connectivity index (χ3n) is 5.43. The fraction of sp³-hybridized carbons (Fsp3) is 0.375. The Kier molecular flexibility index (Phi) is 8.45. The van der Waals surface area contributed by atoms with Gasteiger partial charge in [0.1, 0.15) is 0 Å². The molecular weight excluding hydrogens is 330 g/mol. The fourth-order valence-electron chi connectivity index (χ4n) is 3.93. The predicted octanol–water partition coefficient (Wildman–Crippen LogP) is 5.41. The Bertz CT molecular complexity index is 696. The van der Waals surface area contributed by atoms with Crippen molar-refractivity contribution in [3.63, 3.8) is 0 Å². The summed E-state index contributed by atoms with van der Waals surface area (Å²) in [7, 11) is 0. The smallest absolute Gasteiger partial charge is 0.0912 e. The second-order valence-corrected chi connectivity index (χ2v) is 7.20. The van der Waals surface area contributed by atoms with Gasteiger partial charge in [-0.2, -0.15) is 0 Å². The first kappa shape index (κ1) is 20.6. The number of nitriles is 1. The van der Waals surface area contributed by atoms with Crippen LogP contribution in [0.15, 0.2) is 73.1 Å². The van der Waals surface area contributed by atoms with Gasteiger partial charge in [0.05, 0.1) is 5.82 Å². The number of rotatable bonds is 8. The number of hydrogen-bond donors (Lipinski definition) is 2. The normalized spacial score (nSPS) is 15.0. The first-order chi connectivity index (χ1) is 13.3. The van der Waals surface area contributed by atoms with Crippen LogP contribution < -0.4 is 10.6 Å². The lowest BCUT2D eigenvalue weighted by Crippen LogP contribution is -2.41. The third kappa shape index (κ3) is 6.18. The topological polar surface area (TPSA) is 47.9 Å². The van der Waals surface area contributed by atoms with E-state index in [1.54, 1.807) is 0 Å². The van der Waals surface area contributed by atoms with Gasteiger partial charge in [-0.25, -0.2) is 5.26 Å². The van der Waals surface area contributed by atoms with Crippen LogP contribution in [-0.2, 0) is 11.8 Å². The number of nitrogens with zero attached hydrogens (tertiary/aromatic N) is 1. The van der Waals surface area contributed by atoms with Crippen molar-refractivity contribution < 1.29 is 2.85 Å². The maximum atomic E-state index is 6.50. The molecule has 0 aliphatic heterocycles. The maximum absolute atomic E-state index is 6.50. The monoisotopic (exact) mass is 365 g/mol. The van der Waals surface area contributed by atoms with Gasteiger partial charge in [-0.3, -0.25) is 0 Å². The van der Waals surface area contributed by atoms with Crippen LogP contribution in [-0.4, -0.2) is 13.1 Å². The van der Waals surface area contributed by atoms with Gasteiger partial charge in [-0.15, -0.1) is 0 Å². The summed E-state index contributed by atoms with van der Waals surface area (Å²) in [6, 6.07) is 21.6. The summed E-state index contributed by atoms with van der Waals surface area (Å²) in [6.07, 6.45) is 7.56. The molecule has 2 aromatic rings. The van der Waals surface area contributed by atoms with Crippen LogP contribution in [0.3, 0.4) is 0 Å². The van der Waals surface area contributed by atoms with Gasteiger partial charge in [0.2, 0.25) is 0 Å². The first-order valence-electron chi connectivity index (χ1n) is 9.80. The lowest BCUT2D eigenvalue weighted by atomic mass is 9.69. The number of hydrogen-bond acceptors (Lipinski definition) is 3. The standard InChI is InChI=1S/C23H30N2.CHN.2H2/c1-20(24-18-15-21-11-5-2-6-12-21)25-19-23(16-9-4-10-17-23)22-13-7-3-8-14-22;1-2;;/h2-3,5-8,11-14,24-25H,1,4,9-10,15-19H2;1H;2*1H. The lowest BCUT2D eigenvalue weighted by molar-refractivity contribution is 0.285. The Hall–Kier alpha value is -2.73. The molecule has 3 nitrogen and oxygen atoms in total. The highest BCUT2D eigenvalue weighted by Gasteiger charge is 2.33. The molecular formula is C24H35N3. The van der Waals surface area contributed by atoms with Gasteiger partial charge in [0, 0.05) is 27.9 Å². The summed E-state index contributed by atoms with van der Waals surface area (Å²) >= 11 is 0. The van der Waals surface area contributed by atoms with E-state index in [1.807, 2.05) is 0 Å². The van der Waals surface area contributed by atoms with Crippen molar-refractivity contribution in [1.82, 2.24) is 10.6 Å². The van der Waals surface area contributed by atoms with E-state index in [0.717, 1.165) is 25.3 Å². The zero-order chi connectivity index (χ0) is 19.4. The largest absolute Gasteiger partial charge is 0.372 e. The van der Waals surface area contributed by atoms with E-state index < -0.39 is 0 Å². The Labute approximate surface area is 167 Å². The minimum absolute atomic E-state index is 0. The van der Waals surface area contributed by atoms with Crippen LogP contribution in [0, 0.1) is 11.8 Å². The minimum Gasteiger partial charge on any atom is -0.372 e. The zero-order valence-corrected chi connectivity index (χ0v) is 16.2. The molecule has 0 saturated heterocycles. The van der Waals surface area contributed by atoms with E-state index in [1.165, 1.54) is 43.2 Å². The van der Waals surface area contributed by atoms with E-state index in [0.29, 0.717) is 0 Å². The van der Waals surface area contributed by atoms with E-state index in [4.69, 9.17) is 5.26 Å². The Morgan fingerprint density at radius 2 is 1.52 bits per heavy atom. The molecule has 0 spiro atoms. The van der Waals surface area contributed by atoms with Crippen LogP contribution in [0.25, 0.3) is 0 Å². The Morgan fingerprint density at radius 3 is 2.15 bits per heavy atom. The molecule has 3 heteroatoms. The van der Waals surface area contributed by atoms with Gasteiger partial charge in [-0.05, 0) is 30.4 Å². The fourth-order valence-corrected chi connectivity index (χ4v) is 3.93. The summed E-state index contributed by atoms with van der Waals surface area (Å²) in [6.45, 7) is 9.55. The average Bonchev–Trinajstić information content (AvgIpc) is 2.76. The van der Waals surface area contributed by atoms with Crippen molar-refractivity contribution in [3.05, 3.63) is 84.2 Å². The molecule has 0 bridgehead atoms. The quantitative estimate of drug-likeness (QED) is 0.657. The molecule has 0 heterocycles. The van der Waals surface area contributed by atoms with E-state index >= 15 is 0 Å². The predicted molar refractivity (Wildman–Crippen MR) is 117 cm³/mol. The molecule has 1 fully saturated rings. The highest BCUT2D eigenvalue weighted by Crippen LogP contribution is 2.38. The summed E-state index contributed by atoms with van der Waals surface area (Å²) in [5.41, 5.74) is 3.08. The molecule has 0 amide bonds. The van der Waals surface area contributed by atoms with Crippen molar-refractivity contribution in [1.29, 1.82) is 5.26 Å². The lowest BCUT2D eigenvalue weighted by Gasteiger charge is -2.38. The van der Waals surface area contributed by atoms with Crippen molar-refractivity contribution in [2.45, 2.75) is 43.9 Å². The number of nitrogens with one attached hydrogen (secondary N) is 2. The van der Waals surface area contributed by atoms with E-state index in [9.17, 15) is 0 Å². The summed E-state index contributed by atoms with van der Waals surface area (Å²) < 4.78 is 0. The van der Waals surface area contributed by atoms with Gasteiger partial charge in [0.15, 0.2) is 0 Å². The highest BCUT2D eigenvalue weighted by atomic mass is 15.1. The second kappa shape index (κ2) is 11.1. The Morgan fingerprint density at radius 1 is 0.926 bits per heavy atom. The van der Waals surface area contributed by atoms with Gasteiger partial charge in [-0.1, -0.05) is 86.5 Å². The molecule has 2 N–H and O–H groups in total. The molecule has 0 aromatic heterocycles. The van der Waals surface area contributed by atoms with Crippen LogP contribution >= 0.6 is 0 Å². The maximum Gasteiger partial charge on any atom is 0.0912 e. The molecule has 1 saturated carbocycles. The van der Waals surface area contributed by atoms with Crippen molar-refractivity contribution >= 4 is 0 Å². The van der Waals surface area contributed by atoms with E-state index in [-0.39, 0.29) is 8.27 Å². The van der Waals surface area contributed by atoms with Crippen LogP contribution in [0.1, 0.15) is 46.1 Å². The Balaban J connectivity index is 0.00000190. The molecule has 0 atom stereocenters. The van der Waals surface area contributed by atoms with Crippen molar-refractivity contribution in [3.8, 4) is 6.57 Å². The van der Waals surface area contributed by atoms with E-state index in [2.05, 4.69) is 84.4 Å². The molecule has 27 heavy (non-hydrogen) atoms. The van der Waals surface area contributed by atoms with Gasteiger partial charge >= 0.3 is 0 Å². The van der Waals surface area contributed by atoms with Crippen molar-refractivity contribution in [2.24, 2.45) is 0 Å². The number of benzene rings is 2. The third-order valence-corrected chi connectivity index (χ3v) is 5.43. The summed E-state index contributed by atoms with van der Waals surface area (Å²) in [5, 5.41) is 13.5. The van der Waals surface area contributed by atoms with Crippen LogP contribution in [0.2, 0.25) is 0 Å². The molecule has 0 radical (unpaired) electrons. The molecule has 0 unspecified atom stereocenters. The average molecular weight is 366 g/mol. The SMILES string of the molecule is C#N.C=C(NCCc1ccccc1)NCC1(c2ccccc2)CCCCC1.[HH].[HH]. The molecule has 3 rings (SSSR count). The minimum atomic E-state index is 0. The zero-order valence-electron chi connectivity index (χ0n) is 16.2. The first-order valence-corrected chi connectivity index (χ1v) is 9.80. The van der Waals surface area contributed by atoms with Gasteiger partial charge < -0.3 is 10.6 Å². The summed E-state index contributed by atoms with van der Waals surface area (Å²) in [5.74, 6) is 0.941. The van der Waals surface area contributed by atoms with Crippen molar-refractivity contribution in [2.75, 3.05) is 13.1 Å². The highest BCUT2D eigenvalue weighted by molar-refractivity contribution is 5.27. The molecule has 146 valence electrons.